The van der Waals surface area contributed by atoms with Crippen molar-refractivity contribution in [2.45, 2.75) is 13.3 Å². The van der Waals surface area contributed by atoms with Crippen molar-refractivity contribution in [2.75, 3.05) is 36.7 Å². The number of nitrogens with one attached hydrogen (secondary N) is 2. The van der Waals surface area contributed by atoms with Gasteiger partial charge in [0.15, 0.2) is 0 Å². The topological polar surface area (TPSA) is 53.1 Å². The predicted octanol–water partition coefficient (Wildman–Crippen LogP) is 7.58. The van der Waals surface area contributed by atoms with Gasteiger partial charge in [0.25, 0.3) is 0 Å². The van der Waals surface area contributed by atoms with E-state index in [2.05, 4.69) is 87.2 Å². The van der Waals surface area contributed by atoms with Gasteiger partial charge in [-0.1, -0.05) is 25.3 Å². The van der Waals surface area contributed by atoms with E-state index in [4.69, 9.17) is 0 Å². The smallest absolute Gasteiger partial charge is 0.134 e. The minimum atomic E-state index is 0.781. The van der Waals surface area contributed by atoms with Crippen LogP contribution in [0.15, 0.2) is 86.0 Å². The highest BCUT2D eigenvalue weighted by Crippen LogP contribution is 2.40. The van der Waals surface area contributed by atoms with Crippen LogP contribution in [0.2, 0.25) is 0 Å². The SMILES string of the molecule is C=C(C)c1ccc(-c2ccnc3c2CC=C(C(=C)c2cc(-c4cncc(N(C)C)c4)ccc2NC)N3)s1. The minimum absolute atomic E-state index is 0.781. The first-order valence-electron chi connectivity index (χ1n) is 12.2. The molecule has 0 spiro atoms. The van der Waals surface area contributed by atoms with E-state index in [0.29, 0.717) is 0 Å². The number of hydrogen-bond acceptors (Lipinski definition) is 6. The lowest BCUT2D eigenvalue weighted by molar-refractivity contribution is 1.11. The van der Waals surface area contributed by atoms with Crippen LogP contribution in [0.25, 0.3) is 32.7 Å². The lowest BCUT2D eigenvalue weighted by atomic mass is 9.94. The van der Waals surface area contributed by atoms with Crippen LogP contribution < -0.4 is 15.5 Å². The van der Waals surface area contributed by atoms with Gasteiger partial charge in [-0.25, -0.2) is 4.98 Å². The van der Waals surface area contributed by atoms with E-state index in [-0.39, 0.29) is 0 Å². The van der Waals surface area contributed by atoms with Crippen LogP contribution in [0.5, 0.6) is 0 Å². The Morgan fingerprint density at radius 1 is 1.05 bits per heavy atom. The molecule has 0 radical (unpaired) electrons. The Morgan fingerprint density at radius 3 is 2.62 bits per heavy atom. The van der Waals surface area contributed by atoms with Crippen molar-refractivity contribution in [3.8, 4) is 21.6 Å². The molecule has 4 aromatic rings. The van der Waals surface area contributed by atoms with Crippen LogP contribution in [0.1, 0.15) is 22.9 Å². The third kappa shape index (κ3) is 4.80. The molecule has 1 aliphatic rings. The van der Waals surface area contributed by atoms with E-state index in [1.165, 1.54) is 20.9 Å². The van der Waals surface area contributed by atoms with E-state index in [1.54, 1.807) is 11.3 Å². The second-order valence-electron chi connectivity index (χ2n) is 9.39. The van der Waals surface area contributed by atoms with Gasteiger partial charge in [-0.2, -0.15) is 0 Å². The van der Waals surface area contributed by atoms with E-state index in [0.717, 1.165) is 57.1 Å². The zero-order chi connectivity index (χ0) is 26.1. The standard InChI is InChI=1S/C31H31N5S/c1-19(2)29-11-12-30(37-29)24-13-14-34-31-25(24)8-10-27(35-31)20(3)26-16-21(7-9-28(26)32-4)22-15-23(36(5)6)18-33-17-22/h7,9-18,32H,1,3,8H2,2,4-6H3,(H,34,35). The van der Waals surface area contributed by atoms with Gasteiger partial charge in [0, 0.05) is 76.9 Å². The molecule has 0 atom stereocenters. The van der Waals surface area contributed by atoms with Crippen molar-refractivity contribution in [2.24, 2.45) is 0 Å². The van der Waals surface area contributed by atoms with Gasteiger partial charge in [-0.05, 0) is 66.5 Å². The molecular weight excluding hydrogens is 474 g/mol. The summed E-state index contributed by atoms with van der Waals surface area (Å²) < 4.78 is 0. The van der Waals surface area contributed by atoms with Crippen LogP contribution in [0.3, 0.4) is 0 Å². The summed E-state index contributed by atoms with van der Waals surface area (Å²) >= 11 is 1.77. The van der Waals surface area contributed by atoms with Crippen LogP contribution in [0, 0.1) is 0 Å². The van der Waals surface area contributed by atoms with Gasteiger partial charge in [0.1, 0.15) is 5.82 Å². The third-order valence-electron chi connectivity index (χ3n) is 6.62. The van der Waals surface area contributed by atoms with Crippen molar-refractivity contribution in [1.29, 1.82) is 0 Å². The van der Waals surface area contributed by atoms with Gasteiger partial charge in [0.2, 0.25) is 0 Å². The molecule has 0 amide bonds. The number of fused-ring (bicyclic) bond motifs is 1. The molecule has 6 heteroatoms. The van der Waals surface area contributed by atoms with Gasteiger partial charge in [0.05, 0.1) is 11.9 Å². The van der Waals surface area contributed by atoms with Crippen molar-refractivity contribution in [3.63, 3.8) is 0 Å². The van der Waals surface area contributed by atoms with Crippen molar-refractivity contribution in [1.82, 2.24) is 9.97 Å². The summed E-state index contributed by atoms with van der Waals surface area (Å²) in [4.78, 5) is 13.6. The van der Waals surface area contributed by atoms with Crippen LogP contribution in [-0.4, -0.2) is 31.1 Å². The molecule has 0 bridgehead atoms. The average Bonchev–Trinajstić information content (AvgIpc) is 3.42. The zero-order valence-electron chi connectivity index (χ0n) is 21.7. The second-order valence-corrected chi connectivity index (χ2v) is 10.5. The number of anilines is 3. The maximum absolute atomic E-state index is 4.67. The summed E-state index contributed by atoms with van der Waals surface area (Å²) in [5.74, 6) is 0.881. The number of aromatic nitrogens is 2. The summed E-state index contributed by atoms with van der Waals surface area (Å²) in [7, 11) is 5.98. The number of rotatable bonds is 7. The molecule has 186 valence electrons. The first-order chi connectivity index (χ1) is 17.9. The fraction of sp³-hybridized carbons (Fsp3) is 0.161. The Labute approximate surface area is 222 Å². The van der Waals surface area contributed by atoms with Gasteiger partial charge in [-0.15, -0.1) is 11.3 Å². The molecule has 5 nitrogen and oxygen atoms in total. The molecule has 3 aromatic heterocycles. The number of thiophene rings is 1. The summed E-state index contributed by atoms with van der Waals surface area (Å²) in [5, 5.41) is 6.88. The number of pyridine rings is 2. The monoisotopic (exact) mass is 505 g/mol. The largest absolute Gasteiger partial charge is 0.388 e. The zero-order valence-corrected chi connectivity index (χ0v) is 22.5. The number of allylic oxidation sites excluding steroid dienone is 3. The van der Waals surface area contributed by atoms with Crippen molar-refractivity contribution in [3.05, 3.63) is 102 Å². The normalized spacial score (nSPS) is 12.3. The lowest BCUT2D eigenvalue weighted by Crippen LogP contribution is -2.12. The summed E-state index contributed by atoms with van der Waals surface area (Å²) in [5.41, 5.74) is 10.7. The number of benzene rings is 1. The Morgan fingerprint density at radius 2 is 1.89 bits per heavy atom. The highest BCUT2D eigenvalue weighted by molar-refractivity contribution is 7.16. The molecule has 0 fully saturated rings. The quantitative estimate of drug-likeness (QED) is 0.271. The number of nitrogens with zero attached hydrogens (tertiary/aromatic N) is 3. The maximum Gasteiger partial charge on any atom is 0.134 e. The molecule has 0 saturated heterocycles. The first kappa shape index (κ1) is 24.5. The van der Waals surface area contributed by atoms with Crippen molar-refractivity contribution < 1.29 is 0 Å². The maximum atomic E-state index is 4.67. The Hall–Kier alpha value is -4.16. The summed E-state index contributed by atoms with van der Waals surface area (Å²) in [6.45, 7) is 10.6. The van der Waals surface area contributed by atoms with E-state index < -0.39 is 0 Å². The molecule has 1 aliphatic heterocycles. The fourth-order valence-corrected chi connectivity index (χ4v) is 5.48. The molecular formula is C31H31N5S. The first-order valence-corrected chi connectivity index (χ1v) is 13.0. The molecule has 0 unspecified atom stereocenters. The van der Waals surface area contributed by atoms with Gasteiger partial charge in [-0.3, -0.25) is 4.98 Å². The predicted molar refractivity (Wildman–Crippen MR) is 160 cm³/mol. The fourth-order valence-electron chi connectivity index (χ4n) is 4.50. The molecule has 4 heterocycles. The summed E-state index contributed by atoms with van der Waals surface area (Å²) in [6.07, 6.45) is 8.64. The summed E-state index contributed by atoms with van der Waals surface area (Å²) in [6, 6.07) is 15.0. The highest BCUT2D eigenvalue weighted by atomic mass is 32.1. The molecule has 37 heavy (non-hydrogen) atoms. The number of hydrogen-bond donors (Lipinski definition) is 2. The molecule has 5 rings (SSSR count). The van der Waals surface area contributed by atoms with Crippen LogP contribution in [-0.2, 0) is 6.42 Å². The van der Waals surface area contributed by atoms with E-state index in [1.807, 2.05) is 46.7 Å². The molecule has 1 aromatic carbocycles. The van der Waals surface area contributed by atoms with Crippen LogP contribution >= 0.6 is 11.3 Å². The Bertz CT molecular complexity index is 1540. The Balaban J connectivity index is 1.47. The Kier molecular flexibility index (Phi) is 6.68. The van der Waals surface area contributed by atoms with Gasteiger partial charge >= 0.3 is 0 Å². The van der Waals surface area contributed by atoms with Gasteiger partial charge < -0.3 is 15.5 Å². The van der Waals surface area contributed by atoms with Crippen LogP contribution in [0.4, 0.5) is 17.2 Å². The molecule has 0 aliphatic carbocycles. The third-order valence-corrected chi connectivity index (χ3v) is 7.90. The molecule has 0 saturated carbocycles. The molecule has 2 N–H and O–H groups in total. The van der Waals surface area contributed by atoms with E-state index in [9.17, 15) is 0 Å². The second kappa shape index (κ2) is 10.1. The lowest BCUT2D eigenvalue weighted by Gasteiger charge is -2.23. The van der Waals surface area contributed by atoms with E-state index >= 15 is 0 Å². The minimum Gasteiger partial charge on any atom is -0.388 e. The highest BCUT2D eigenvalue weighted by Gasteiger charge is 2.20. The van der Waals surface area contributed by atoms with Crippen molar-refractivity contribution >= 4 is 39.7 Å². The average molecular weight is 506 g/mol.